The average molecular weight is 347 g/mol. The standard InChI is InChI=1S/C16H23ClN2O2.ClH/c1-19(16(20)12-13-6-8-18-9-7-13)10-11-21-15-4-2-14(17)3-5-15;/h2-5,13,18H,6-12H2,1H3;1H. The van der Waals surface area contributed by atoms with Crippen LogP contribution in [0.5, 0.6) is 5.75 Å². The lowest BCUT2D eigenvalue weighted by molar-refractivity contribution is -0.131. The lowest BCUT2D eigenvalue weighted by Crippen LogP contribution is -2.35. The first-order chi connectivity index (χ1) is 10.1. The number of hydrogen-bond donors (Lipinski definition) is 1. The third-order valence-electron chi connectivity index (χ3n) is 3.86. The summed E-state index contributed by atoms with van der Waals surface area (Å²) >= 11 is 5.82. The van der Waals surface area contributed by atoms with Crippen LogP contribution in [0.1, 0.15) is 19.3 Å². The van der Waals surface area contributed by atoms with Gasteiger partial charge in [-0.2, -0.15) is 0 Å². The van der Waals surface area contributed by atoms with Crippen LogP contribution >= 0.6 is 24.0 Å². The predicted octanol–water partition coefficient (Wildman–Crippen LogP) is 2.99. The predicted molar refractivity (Wildman–Crippen MR) is 92.0 cm³/mol. The molecule has 0 aliphatic carbocycles. The second kappa shape index (κ2) is 9.93. The van der Waals surface area contributed by atoms with Gasteiger partial charge in [0.25, 0.3) is 0 Å². The lowest BCUT2D eigenvalue weighted by Gasteiger charge is -2.25. The first kappa shape index (κ1) is 19.1. The highest BCUT2D eigenvalue weighted by Gasteiger charge is 2.18. The van der Waals surface area contributed by atoms with Gasteiger partial charge in [-0.05, 0) is 56.1 Å². The summed E-state index contributed by atoms with van der Waals surface area (Å²) in [7, 11) is 1.84. The zero-order valence-corrected chi connectivity index (χ0v) is 14.5. The van der Waals surface area contributed by atoms with E-state index in [4.69, 9.17) is 16.3 Å². The van der Waals surface area contributed by atoms with Crippen molar-refractivity contribution in [2.45, 2.75) is 19.3 Å². The normalized spacial score (nSPS) is 15.0. The minimum absolute atomic E-state index is 0. The molecule has 1 amide bonds. The van der Waals surface area contributed by atoms with Gasteiger partial charge in [0, 0.05) is 18.5 Å². The summed E-state index contributed by atoms with van der Waals surface area (Å²) in [6, 6.07) is 7.25. The molecule has 22 heavy (non-hydrogen) atoms. The van der Waals surface area contributed by atoms with Gasteiger partial charge < -0.3 is 15.0 Å². The van der Waals surface area contributed by atoms with E-state index >= 15 is 0 Å². The maximum absolute atomic E-state index is 12.1. The van der Waals surface area contributed by atoms with Crippen LogP contribution in [-0.4, -0.2) is 44.1 Å². The van der Waals surface area contributed by atoms with E-state index in [-0.39, 0.29) is 18.3 Å². The van der Waals surface area contributed by atoms with Crippen LogP contribution in [0.25, 0.3) is 0 Å². The third kappa shape index (κ3) is 6.42. The first-order valence-electron chi connectivity index (χ1n) is 7.48. The quantitative estimate of drug-likeness (QED) is 0.860. The van der Waals surface area contributed by atoms with Crippen LogP contribution in [0, 0.1) is 5.92 Å². The maximum atomic E-state index is 12.1. The Balaban J connectivity index is 0.00000242. The Kier molecular flexibility index (Phi) is 8.61. The summed E-state index contributed by atoms with van der Waals surface area (Å²) in [6.45, 7) is 3.16. The van der Waals surface area contributed by atoms with Crippen LogP contribution in [0.3, 0.4) is 0 Å². The monoisotopic (exact) mass is 346 g/mol. The number of rotatable bonds is 6. The molecule has 1 aliphatic rings. The van der Waals surface area contributed by atoms with Crippen LogP contribution in [0.4, 0.5) is 0 Å². The van der Waals surface area contributed by atoms with Crippen molar-refractivity contribution in [3.05, 3.63) is 29.3 Å². The molecule has 1 aromatic carbocycles. The third-order valence-corrected chi connectivity index (χ3v) is 4.11. The maximum Gasteiger partial charge on any atom is 0.222 e. The van der Waals surface area contributed by atoms with Gasteiger partial charge in [-0.3, -0.25) is 4.79 Å². The fourth-order valence-electron chi connectivity index (χ4n) is 2.44. The van der Waals surface area contributed by atoms with Crippen molar-refractivity contribution < 1.29 is 9.53 Å². The Hall–Kier alpha value is -0.970. The van der Waals surface area contributed by atoms with E-state index in [1.165, 1.54) is 0 Å². The van der Waals surface area contributed by atoms with Crippen LogP contribution in [0.2, 0.25) is 5.02 Å². The summed E-state index contributed by atoms with van der Waals surface area (Å²) in [5.74, 6) is 1.51. The van der Waals surface area contributed by atoms with Gasteiger partial charge in [0.1, 0.15) is 12.4 Å². The molecule has 0 aromatic heterocycles. The van der Waals surface area contributed by atoms with Crippen molar-refractivity contribution in [1.29, 1.82) is 0 Å². The molecular formula is C16H24Cl2N2O2. The van der Waals surface area contributed by atoms with E-state index in [1.54, 1.807) is 17.0 Å². The van der Waals surface area contributed by atoms with Gasteiger partial charge in [-0.15, -0.1) is 12.4 Å². The van der Waals surface area contributed by atoms with Gasteiger partial charge in [-0.25, -0.2) is 0 Å². The van der Waals surface area contributed by atoms with Crippen molar-refractivity contribution in [1.82, 2.24) is 10.2 Å². The number of ether oxygens (including phenoxy) is 1. The highest BCUT2D eigenvalue weighted by Crippen LogP contribution is 2.17. The molecular weight excluding hydrogens is 323 g/mol. The molecule has 0 unspecified atom stereocenters. The van der Waals surface area contributed by atoms with Gasteiger partial charge in [0.15, 0.2) is 0 Å². The summed E-state index contributed by atoms with van der Waals surface area (Å²) in [5.41, 5.74) is 0. The minimum atomic E-state index is 0. The molecule has 2 rings (SSSR count). The van der Waals surface area contributed by atoms with E-state index in [9.17, 15) is 4.79 Å². The smallest absolute Gasteiger partial charge is 0.222 e. The molecule has 1 heterocycles. The number of hydrogen-bond acceptors (Lipinski definition) is 3. The summed E-state index contributed by atoms with van der Waals surface area (Å²) in [5, 5.41) is 4.01. The molecule has 0 spiro atoms. The molecule has 0 saturated carbocycles. The summed E-state index contributed by atoms with van der Waals surface area (Å²) < 4.78 is 5.61. The Morgan fingerprint density at radius 2 is 1.95 bits per heavy atom. The lowest BCUT2D eigenvalue weighted by atomic mass is 9.94. The molecule has 1 fully saturated rings. The number of nitrogens with one attached hydrogen (secondary N) is 1. The highest BCUT2D eigenvalue weighted by atomic mass is 35.5. The number of amides is 1. The second-order valence-electron chi connectivity index (χ2n) is 5.52. The molecule has 1 N–H and O–H groups in total. The number of nitrogens with zero attached hydrogens (tertiary/aromatic N) is 1. The molecule has 1 aromatic rings. The Labute approximate surface area is 143 Å². The molecule has 0 bridgehead atoms. The number of piperidine rings is 1. The molecule has 1 aliphatic heterocycles. The van der Waals surface area contributed by atoms with Crippen molar-refractivity contribution in [2.24, 2.45) is 5.92 Å². The highest BCUT2D eigenvalue weighted by molar-refractivity contribution is 6.30. The van der Waals surface area contributed by atoms with Crippen molar-refractivity contribution in [3.8, 4) is 5.75 Å². The van der Waals surface area contributed by atoms with Crippen molar-refractivity contribution >= 4 is 29.9 Å². The molecule has 4 nitrogen and oxygen atoms in total. The van der Waals surface area contributed by atoms with E-state index in [0.29, 0.717) is 30.5 Å². The molecule has 1 saturated heterocycles. The molecule has 0 atom stereocenters. The van der Waals surface area contributed by atoms with Gasteiger partial charge >= 0.3 is 0 Å². The van der Waals surface area contributed by atoms with E-state index in [0.717, 1.165) is 31.7 Å². The minimum Gasteiger partial charge on any atom is -0.492 e. The number of likely N-dealkylation sites (N-methyl/N-ethyl adjacent to an activating group) is 1. The van der Waals surface area contributed by atoms with Gasteiger partial charge in [-0.1, -0.05) is 11.6 Å². The SMILES string of the molecule is CN(CCOc1ccc(Cl)cc1)C(=O)CC1CCNCC1.Cl. The Morgan fingerprint density at radius 1 is 1.32 bits per heavy atom. The second-order valence-corrected chi connectivity index (χ2v) is 5.95. The van der Waals surface area contributed by atoms with E-state index in [2.05, 4.69) is 5.32 Å². The fraction of sp³-hybridized carbons (Fsp3) is 0.562. The Morgan fingerprint density at radius 3 is 2.59 bits per heavy atom. The first-order valence-corrected chi connectivity index (χ1v) is 7.86. The number of carbonyl (C=O) groups is 1. The summed E-state index contributed by atoms with van der Waals surface area (Å²) in [4.78, 5) is 13.9. The summed E-state index contributed by atoms with van der Waals surface area (Å²) in [6.07, 6.45) is 2.85. The fourth-order valence-corrected chi connectivity index (χ4v) is 2.57. The van der Waals surface area contributed by atoms with Crippen molar-refractivity contribution in [3.63, 3.8) is 0 Å². The van der Waals surface area contributed by atoms with Crippen LogP contribution in [-0.2, 0) is 4.79 Å². The molecule has 0 radical (unpaired) electrons. The average Bonchev–Trinajstić information content (AvgIpc) is 2.50. The zero-order chi connectivity index (χ0) is 15.1. The number of halogens is 2. The zero-order valence-electron chi connectivity index (χ0n) is 12.9. The molecule has 6 heteroatoms. The molecule has 124 valence electrons. The largest absolute Gasteiger partial charge is 0.492 e. The van der Waals surface area contributed by atoms with Gasteiger partial charge in [0.2, 0.25) is 5.91 Å². The van der Waals surface area contributed by atoms with Crippen LogP contribution in [0.15, 0.2) is 24.3 Å². The van der Waals surface area contributed by atoms with Crippen LogP contribution < -0.4 is 10.1 Å². The van der Waals surface area contributed by atoms with E-state index < -0.39 is 0 Å². The van der Waals surface area contributed by atoms with Gasteiger partial charge in [0.05, 0.1) is 6.54 Å². The van der Waals surface area contributed by atoms with Crippen molar-refractivity contribution in [2.75, 3.05) is 33.3 Å². The number of benzene rings is 1. The number of carbonyl (C=O) groups excluding carboxylic acids is 1. The van der Waals surface area contributed by atoms with E-state index in [1.807, 2.05) is 19.2 Å². The topological polar surface area (TPSA) is 41.6 Å². The Bertz CT molecular complexity index is 448.